The fourth-order valence-corrected chi connectivity index (χ4v) is 2.28. The van der Waals surface area contributed by atoms with Crippen LogP contribution in [0.2, 0.25) is 0 Å². The molecule has 0 atom stereocenters. The van der Waals surface area contributed by atoms with Crippen molar-refractivity contribution in [3.05, 3.63) is 11.9 Å². The Kier molecular flexibility index (Phi) is 3.14. The summed E-state index contributed by atoms with van der Waals surface area (Å²) in [4.78, 5) is 0. The molecule has 0 aromatic carbocycles. The summed E-state index contributed by atoms with van der Waals surface area (Å²) < 4.78 is 1.97. The number of hydrogen-bond acceptors (Lipinski definition) is 3. The van der Waals surface area contributed by atoms with Crippen LogP contribution in [0.1, 0.15) is 43.7 Å². The molecule has 1 aliphatic carbocycles. The number of nitrogens with two attached hydrogens (primary N) is 1. The summed E-state index contributed by atoms with van der Waals surface area (Å²) in [5.74, 6) is 0.672. The summed E-state index contributed by atoms with van der Waals surface area (Å²) in [6, 6.07) is 0. The van der Waals surface area contributed by atoms with Crippen LogP contribution in [0.4, 0.5) is 0 Å². The Balaban J connectivity index is 2.09. The zero-order valence-corrected chi connectivity index (χ0v) is 8.52. The molecule has 0 saturated heterocycles. The maximum absolute atomic E-state index is 5.53. The molecule has 1 fully saturated rings. The standard InChI is InChI=1S/C10H18N4/c11-6-7-14-10(8-12-13-14)9-4-2-1-3-5-9/h8-9H,1-7,11H2. The third-order valence-electron chi connectivity index (χ3n) is 3.01. The number of aromatic nitrogens is 3. The van der Waals surface area contributed by atoms with Gasteiger partial charge in [0.2, 0.25) is 0 Å². The molecule has 0 unspecified atom stereocenters. The fourth-order valence-electron chi connectivity index (χ4n) is 2.28. The predicted molar refractivity (Wildman–Crippen MR) is 54.9 cm³/mol. The first-order valence-electron chi connectivity index (χ1n) is 5.50. The summed E-state index contributed by atoms with van der Waals surface area (Å²) in [7, 11) is 0. The van der Waals surface area contributed by atoms with Gasteiger partial charge < -0.3 is 5.73 Å². The van der Waals surface area contributed by atoms with Crippen LogP contribution in [0, 0.1) is 0 Å². The summed E-state index contributed by atoms with van der Waals surface area (Å²) in [5.41, 5.74) is 6.82. The van der Waals surface area contributed by atoms with Crippen LogP contribution >= 0.6 is 0 Å². The summed E-state index contributed by atoms with van der Waals surface area (Å²) >= 11 is 0. The Morgan fingerprint density at radius 3 is 2.86 bits per heavy atom. The minimum atomic E-state index is 0.642. The van der Waals surface area contributed by atoms with E-state index < -0.39 is 0 Å². The topological polar surface area (TPSA) is 56.7 Å². The van der Waals surface area contributed by atoms with Crippen LogP contribution < -0.4 is 5.73 Å². The summed E-state index contributed by atoms with van der Waals surface area (Å²) in [5, 5.41) is 8.04. The van der Waals surface area contributed by atoms with Crippen LogP contribution in [0.3, 0.4) is 0 Å². The van der Waals surface area contributed by atoms with E-state index in [2.05, 4.69) is 10.3 Å². The van der Waals surface area contributed by atoms with Crippen molar-refractivity contribution in [1.29, 1.82) is 0 Å². The Hall–Kier alpha value is -0.900. The van der Waals surface area contributed by atoms with Gasteiger partial charge in [0.25, 0.3) is 0 Å². The van der Waals surface area contributed by atoms with Gasteiger partial charge in [-0.1, -0.05) is 24.5 Å². The van der Waals surface area contributed by atoms with Crippen molar-refractivity contribution in [2.45, 2.75) is 44.6 Å². The zero-order valence-electron chi connectivity index (χ0n) is 8.52. The van der Waals surface area contributed by atoms with Gasteiger partial charge in [-0.2, -0.15) is 0 Å². The van der Waals surface area contributed by atoms with Crippen LogP contribution in [-0.4, -0.2) is 21.5 Å². The second-order valence-corrected chi connectivity index (χ2v) is 4.01. The van der Waals surface area contributed by atoms with E-state index in [0.29, 0.717) is 12.5 Å². The van der Waals surface area contributed by atoms with Crippen LogP contribution in [-0.2, 0) is 6.54 Å². The third kappa shape index (κ3) is 1.95. The van der Waals surface area contributed by atoms with E-state index in [0.717, 1.165) is 6.54 Å². The van der Waals surface area contributed by atoms with E-state index in [4.69, 9.17) is 5.73 Å². The molecule has 1 heterocycles. The number of nitrogens with zero attached hydrogens (tertiary/aromatic N) is 3. The molecule has 1 aromatic rings. The molecular weight excluding hydrogens is 176 g/mol. The van der Waals surface area contributed by atoms with E-state index in [1.165, 1.54) is 37.8 Å². The van der Waals surface area contributed by atoms with Crippen molar-refractivity contribution >= 4 is 0 Å². The van der Waals surface area contributed by atoms with E-state index >= 15 is 0 Å². The van der Waals surface area contributed by atoms with Crippen molar-refractivity contribution in [3.63, 3.8) is 0 Å². The predicted octanol–water partition coefficient (Wildman–Crippen LogP) is 1.28. The molecule has 1 aromatic heterocycles. The lowest BCUT2D eigenvalue weighted by molar-refractivity contribution is 0.415. The molecule has 0 radical (unpaired) electrons. The molecule has 0 spiro atoms. The molecule has 1 aliphatic rings. The van der Waals surface area contributed by atoms with E-state index in [1.807, 2.05) is 10.9 Å². The molecule has 4 nitrogen and oxygen atoms in total. The first kappa shape index (κ1) is 9.65. The highest BCUT2D eigenvalue weighted by molar-refractivity contribution is 5.04. The minimum absolute atomic E-state index is 0.642. The lowest BCUT2D eigenvalue weighted by Gasteiger charge is -2.21. The van der Waals surface area contributed by atoms with Gasteiger partial charge in [-0.15, -0.1) is 5.10 Å². The monoisotopic (exact) mass is 194 g/mol. The molecular formula is C10H18N4. The van der Waals surface area contributed by atoms with Crippen molar-refractivity contribution in [2.75, 3.05) is 6.54 Å². The Morgan fingerprint density at radius 1 is 1.36 bits per heavy atom. The highest BCUT2D eigenvalue weighted by atomic mass is 15.4. The smallest absolute Gasteiger partial charge is 0.0728 e. The average molecular weight is 194 g/mol. The average Bonchev–Trinajstić information content (AvgIpc) is 2.68. The van der Waals surface area contributed by atoms with Crippen LogP contribution in [0.15, 0.2) is 6.20 Å². The SMILES string of the molecule is NCCn1nncc1C1CCCCC1. The van der Waals surface area contributed by atoms with E-state index in [9.17, 15) is 0 Å². The Labute approximate surface area is 84.5 Å². The van der Waals surface area contributed by atoms with Crippen molar-refractivity contribution in [3.8, 4) is 0 Å². The van der Waals surface area contributed by atoms with Crippen molar-refractivity contribution in [1.82, 2.24) is 15.0 Å². The van der Waals surface area contributed by atoms with Gasteiger partial charge >= 0.3 is 0 Å². The van der Waals surface area contributed by atoms with Crippen LogP contribution in [0.25, 0.3) is 0 Å². The molecule has 0 bridgehead atoms. The zero-order chi connectivity index (χ0) is 9.80. The van der Waals surface area contributed by atoms with Gasteiger partial charge in [-0.25, -0.2) is 4.68 Å². The van der Waals surface area contributed by atoms with Gasteiger partial charge in [0.05, 0.1) is 18.4 Å². The Morgan fingerprint density at radius 2 is 2.14 bits per heavy atom. The van der Waals surface area contributed by atoms with Gasteiger partial charge in [-0.05, 0) is 12.8 Å². The van der Waals surface area contributed by atoms with Gasteiger partial charge in [0.1, 0.15) is 0 Å². The quantitative estimate of drug-likeness (QED) is 0.788. The van der Waals surface area contributed by atoms with Gasteiger partial charge in [0, 0.05) is 12.5 Å². The fraction of sp³-hybridized carbons (Fsp3) is 0.800. The van der Waals surface area contributed by atoms with E-state index in [-0.39, 0.29) is 0 Å². The summed E-state index contributed by atoms with van der Waals surface area (Å²) in [6.45, 7) is 1.44. The molecule has 78 valence electrons. The molecule has 1 saturated carbocycles. The third-order valence-corrected chi connectivity index (χ3v) is 3.01. The molecule has 2 rings (SSSR count). The first-order valence-corrected chi connectivity index (χ1v) is 5.50. The highest BCUT2D eigenvalue weighted by Gasteiger charge is 2.19. The molecule has 0 amide bonds. The maximum atomic E-state index is 5.53. The molecule has 0 aliphatic heterocycles. The lowest BCUT2D eigenvalue weighted by Crippen LogP contribution is -2.16. The van der Waals surface area contributed by atoms with Crippen LogP contribution in [0.5, 0.6) is 0 Å². The van der Waals surface area contributed by atoms with Crippen molar-refractivity contribution in [2.24, 2.45) is 5.73 Å². The second kappa shape index (κ2) is 4.55. The number of hydrogen-bond donors (Lipinski definition) is 1. The minimum Gasteiger partial charge on any atom is -0.329 e. The molecule has 2 N–H and O–H groups in total. The molecule has 4 heteroatoms. The normalized spacial score (nSPS) is 18.6. The number of rotatable bonds is 3. The summed E-state index contributed by atoms with van der Waals surface area (Å²) in [6.07, 6.45) is 8.56. The van der Waals surface area contributed by atoms with E-state index in [1.54, 1.807) is 0 Å². The second-order valence-electron chi connectivity index (χ2n) is 4.01. The molecule has 14 heavy (non-hydrogen) atoms. The van der Waals surface area contributed by atoms with Gasteiger partial charge in [0.15, 0.2) is 0 Å². The van der Waals surface area contributed by atoms with Crippen molar-refractivity contribution < 1.29 is 0 Å². The lowest BCUT2D eigenvalue weighted by atomic mass is 9.87. The highest BCUT2D eigenvalue weighted by Crippen LogP contribution is 2.31. The maximum Gasteiger partial charge on any atom is 0.0728 e. The largest absolute Gasteiger partial charge is 0.329 e. The first-order chi connectivity index (χ1) is 6.92. The van der Waals surface area contributed by atoms with Gasteiger partial charge in [-0.3, -0.25) is 0 Å². The Bertz CT molecular complexity index is 275.